The number of para-hydroxylation sites is 1. The van der Waals surface area contributed by atoms with Crippen LogP contribution in [0.3, 0.4) is 0 Å². The van der Waals surface area contributed by atoms with Crippen molar-refractivity contribution in [2.24, 2.45) is 0 Å². The SMILES string of the molecule is CCN(c1c(C)cccc1C)N1CCOC1. The lowest BCUT2D eigenvalue weighted by molar-refractivity contribution is 0.134. The lowest BCUT2D eigenvalue weighted by Crippen LogP contribution is -2.41. The van der Waals surface area contributed by atoms with Gasteiger partial charge in [-0.05, 0) is 31.9 Å². The maximum absolute atomic E-state index is 5.43. The summed E-state index contributed by atoms with van der Waals surface area (Å²) in [6.45, 7) is 10.0. The zero-order valence-corrected chi connectivity index (χ0v) is 10.4. The van der Waals surface area contributed by atoms with E-state index in [1.165, 1.54) is 16.8 Å². The maximum atomic E-state index is 5.43. The molecule has 0 amide bonds. The Hall–Kier alpha value is -1.06. The molecule has 0 saturated carbocycles. The highest BCUT2D eigenvalue weighted by Crippen LogP contribution is 2.26. The van der Waals surface area contributed by atoms with Crippen LogP contribution in [0.5, 0.6) is 0 Å². The highest BCUT2D eigenvalue weighted by molar-refractivity contribution is 5.58. The molecular weight excluding hydrogens is 200 g/mol. The summed E-state index contributed by atoms with van der Waals surface area (Å²) in [6.07, 6.45) is 0. The van der Waals surface area contributed by atoms with Crippen molar-refractivity contribution in [1.82, 2.24) is 5.01 Å². The zero-order chi connectivity index (χ0) is 11.5. The topological polar surface area (TPSA) is 15.7 Å². The molecule has 1 aromatic rings. The fourth-order valence-corrected chi connectivity index (χ4v) is 2.31. The lowest BCUT2D eigenvalue weighted by Gasteiger charge is -2.33. The van der Waals surface area contributed by atoms with Crippen LogP contribution >= 0.6 is 0 Å². The summed E-state index contributed by atoms with van der Waals surface area (Å²) in [4.78, 5) is 0. The summed E-state index contributed by atoms with van der Waals surface area (Å²) in [5.41, 5.74) is 3.98. The Morgan fingerprint density at radius 1 is 1.31 bits per heavy atom. The second-order valence-electron chi connectivity index (χ2n) is 4.22. The summed E-state index contributed by atoms with van der Waals surface area (Å²) < 4.78 is 5.43. The molecule has 1 saturated heterocycles. The molecule has 1 aliphatic rings. The molecule has 1 heterocycles. The largest absolute Gasteiger partial charge is 0.363 e. The van der Waals surface area contributed by atoms with E-state index in [1.807, 2.05) is 0 Å². The number of ether oxygens (including phenoxy) is 1. The van der Waals surface area contributed by atoms with Crippen molar-refractivity contribution in [2.45, 2.75) is 20.8 Å². The number of anilines is 1. The average molecular weight is 220 g/mol. The van der Waals surface area contributed by atoms with Gasteiger partial charge in [0.1, 0.15) is 6.73 Å². The van der Waals surface area contributed by atoms with Gasteiger partial charge >= 0.3 is 0 Å². The normalized spacial score (nSPS) is 16.7. The monoisotopic (exact) mass is 220 g/mol. The predicted molar refractivity (Wildman–Crippen MR) is 66.5 cm³/mol. The van der Waals surface area contributed by atoms with E-state index in [4.69, 9.17) is 4.74 Å². The Morgan fingerprint density at radius 3 is 2.50 bits per heavy atom. The summed E-state index contributed by atoms with van der Waals surface area (Å²) in [5, 5.41) is 4.60. The molecule has 16 heavy (non-hydrogen) atoms. The van der Waals surface area contributed by atoms with Gasteiger partial charge < -0.3 is 9.75 Å². The third kappa shape index (κ3) is 2.06. The minimum absolute atomic E-state index is 0.710. The third-order valence-corrected chi connectivity index (χ3v) is 3.07. The van der Waals surface area contributed by atoms with E-state index < -0.39 is 0 Å². The van der Waals surface area contributed by atoms with E-state index in [-0.39, 0.29) is 0 Å². The minimum Gasteiger partial charge on any atom is -0.363 e. The molecule has 0 atom stereocenters. The van der Waals surface area contributed by atoms with Gasteiger partial charge in [0.25, 0.3) is 0 Å². The molecule has 0 N–H and O–H groups in total. The highest BCUT2D eigenvalue weighted by atomic mass is 16.5. The van der Waals surface area contributed by atoms with Crippen LogP contribution in [0.2, 0.25) is 0 Å². The average Bonchev–Trinajstić information content (AvgIpc) is 2.77. The fraction of sp³-hybridized carbons (Fsp3) is 0.538. The van der Waals surface area contributed by atoms with E-state index in [1.54, 1.807) is 0 Å². The van der Waals surface area contributed by atoms with E-state index in [0.717, 1.165) is 19.7 Å². The Kier molecular flexibility index (Phi) is 3.46. The maximum Gasteiger partial charge on any atom is 0.116 e. The summed E-state index contributed by atoms with van der Waals surface area (Å²) in [7, 11) is 0. The van der Waals surface area contributed by atoms with Crippen LogP contribution in [-0.4, -0.2) is 31.4 Å². The van der Waals surface area contributed by atoms with Gasteiger partial charge in [0, 0.05) is 13.1 Å². The van der Waals surface area contributed by atoms with Gasteiger partial charge in [-0.2, -0.15) is 5.01 Å². The molecule has 3 heteroatoms. The van der Waals surface area contributed by atoms with Gasteiger partial charge in [-0.15, -0.1) is 0 Å². The number of rotatable bonds is 3. The Balaban J connectivity index is 2.32. The van der Waals surface area contributed by atoms with E-state index >= 15 is 0 Å². The Morgan fingerprint density at radius 2 is 2.00 bits per heavy atom. The standard InChI is InChI=1S/C13H20N2O/c1-4-15(14-8-9-16-10-14)13-11(2)6-5-7-12(13)3/h5-7H,4,8-10H2,1-3H3. The molecule has 0 aromatic heterocycles. The van der Waals surface area contributed by atoms with Crippen molar-refractivity contribution >= 4 is 5.69 Å². The third-order valence-electron chi connectivity index (χ3n) is 3.07. The van der Waals surface area contributed by atoms with Gasteiger partial charge in [0.05, 0.1) is 12.3 Å². The van der Waals surface area contributed by atoms with Gasteiger partial charge in [0.2, 0.25) is 0 Å². The molecule has 0 bridgehead atoms. The van der Waals surface area contributed by atoms with Crippen molar-refractivity contribution in [3.63, 3.8) is 0 Å². The van der Waals surface area contributed by atoms with Crippen molar-refractivity contribution in [3.05, 3.63) is 29.3 Å². The van der Waals surface area contributed by atoms with Crippen LogP contribution in [0.1, 0.15) is 18.1 Å². The molecule has 3 nitrogen and oxygen atoms in total. The van der Waals surface area contributed by atoms with Gasteiger partial charge in [-0.25, -0.2) is 0 Å². The van der Waals surface area contributed by atoms with Crippen LogP contribution in [0, 0.1) is 13.8 Å². The van der Waals surface area contributed by atoms with Gasteiger partial charge in [-0.3, -0.25) is 0 Å². The zero-order valence-electron chi connectivity index (χ0n) is 10.4. The van der Waals surface area contributed by atoms with Crippen molar-refractivity contribution in [1.29, 1.82) is 0 Å². The molecule has 0 spiro atoms. The van der Waals surface area contributed by atoms with E-state index in [9.17, 15) is 0 Å². The molecule has 0 radical (unpaired) electrons. The van der Waals surface area contributed by atoms with Crippen molar-refractivity contribution in [2.75, 3.05) is 31.4 Å². The summed E-state index contributed by atoms with van der Waals surface area (Å²) in [5.74, 6) is 0. The first-order valence-electron chi connectivity index (χ1n) is 5.90. The fourth-order valence-electron chi connectivity index (χ4n) is 2.31. The minimum atomic E-state index is 0.710. The number of hydrogen-bond donors (Lipinski definition) is 0. The van der Waals surface area contributed by atoms with Gasteiger partial charge in [0.15, 0.2) is 0 Å². The van der Waals surface area contributed by atoms with Crippen LogP contribution in [-0.2, 0) is 4.74 Å². The van der Waals surface area contributed by atoms with Gasteiger partial charge in [-0.1, -0.05) is 18.2 Å². The summed E-state index contributed by atoms with van der Waals surface area (Å²) in [6, 6.07) is 6.45. The Labute approximate surface area is 97.6 Å². The Bertz CT molecular complexity index is 339. The molecule has 2 rings (SSSR count). The van der Waals surface area contributed by atoms with Crippen LogP contribution < -0.4 is 5.01 Å². The first-order chi connectivity index (χ1) is 7.74. The van der Waals surface area contributed by atoms with Crippen LogP contribution in [0.15, 0.2) is 18.2 Å². The molecule has 0 aliphatic carbocycles. The molecule has 88 valence electrons. The van der Waals surface area contributed by atoms with Crippen molar-refractivity contribution < 1.29 is 4.74 Å². The first-order valence-corrected chi connectivity index (χ1v) is 5.90. The molecule has 0 unspecified atom stereocenters. The quantitative estimate of drug-likeness (QED) is 0.777. The number of nitrogens with zero attached hydrogens (tertiary/aromatic N) is 2. The molecular formula is C13H20N2O. The number of hydrazine groups is 1. The van der Waals surface area contributed by atoms with E-state index in [2.05, 4.69) is 49.0 Å². The first kappa shape index (κ1) is 11.4. The highest BCUT2D eigenvalue weighted by Gasteiger charge is 2.21. The second kappa shape index (κ2) is 4.85. The second-order valence-corrected chi connectivity index (χ2v) is 4.22. The van der Waals surface area contributed by atoms with Crippen LogP contribution in [0.25, 0.3) is 0 Å². The summed E-state index contributed by atoms with van der Waals surface area (Å²) >= 11 is 0. The smallest absolute Gasteiger partial charge is 0.116 e. The number of hydrogen-bond acceptors (Lipinski definition) is 3. The lowest BCUT2D eigenvalue weighted by atomic mass is 10.1. The predicted octanol–water partition coefficient (Wildman–Crippen LogP) is 2.33. The molecule has 1 fully saturated rings. The van der Waals surface area contributed by atoms with Crippen LogP contribution in [0.4, 0.5) is 5.69 Å². The molecule has 1 aromatic carbocycles. The molecule has 1 aliphatic heterocycles. The number of aryl methyl sites for hydroxylation is 2. The van der Waals surface area contributed by atoms with E-state index in [0.29, 0.717) is 6.73 Å². The van der Waals surface area contributed by atoms with Crippen molar-refractivity contribution in [3.8, 4) is 0 Å². The number of benzene rings is 1.